The van der Waals surface area contributed by atoms with Gasteiger partial charge in [0.1, 0.15) is 5.71 Å². The molecule has 5 nitrogen and oxygen atoms in total. The van der Waals surface area contributed by atoms with E-state index in [2.05, 4.69) is 22.6 Å². The Balaban J connectivity index is 1.74. The summed E-state index contributed by atoms with van der Waals surface area (Å²) in [7, 11) is 2.09. The second-order valence-corrected chi connectivity index (χ2v) is 6.21. The normalized spacial score (nSPS) is 18.7. The fraction of sp³-hybridized carbons (Fsp3) is 0.444. The van der Waals surface area contributed by atoms with Gasteiger partial charge in [0.2, 0.25) is 0 Å². The molecular weight excluding hydrogens is 288 g/mol. The third-order valence-corrected chi connectivity index (χ3v) is 4.06. The second-order valence-electron chi connectivity index (χ2n) is 6.21. The van der Waals surface area contributed by atoms with Gasteiger partial charge in [-0.25, -0.2) is 0 Å². The minimum Gasteiger partial charge on any atom is -0.384 e. The lowest BCUT2D eigenvalue weighted by Gasteiger charge is -2.12. The molecule has 0 saturated carbocycles. The molecule has 1 atom stereocenters. The summed E-state index contributed by atoms with van der Waals surface area (Å²) in [6.07, 6.45) is 2.69. The summed E-state index contributed by atoms with van der Waals surface area (Å²) in [4.78, 5) is 14.2. The standard InChI is InChI=1S/C18H26N4O/c1-14(20-11-15-6-4-3-5-7-15)10-17(19)18(23)21-12-16-8-9-22(2)13-16/h3-7,10,16,19-20H,8-9,11-13H2,1-2H3,(H,21,23)/b14-10-,19-17?. The monoisotopic (exact) mass is 314 g/mol. The van der Waals surface area contributed by atoms with Crippen molar-refractivity contribution in [2.45, 2.75) is 19.9 Å². The summed E-state index contributed by atoms with van der Waals surface area (Å²) >= 11 is 0. The van der Waals surface area contributed by atoms with Crippen LogP contribution in [0.5, 0.6) is 0 Å². The van der Waals surface area contributed by atoms with Gasteiger partial charge in [0.05, 0.1) is 0 Å². The Morgan fingerprint density at radius 3 is 2.74 bits per heavy atom. The van der Waals surface area contributed by atoms with E-state index in [9.17, 15) is 4.79 Å². The molecule has 1 aromatic carbocycles. The molecule has 23 heavy (non-hydrogen) atoms. The molecule has 0 aromatic heterocycles. The van der Waals surface area contributed by atoms with Gasteiger partial charge in [0, 0.05) is 25.3 Å². The van der Waals surface area contributed by atoms with Crippen molar-refractivity contribution in [1.29, 1.82) is 5.41 Å². The van der Waals surface area contributed by atoms with Gasteiger partial charge >= 0.3 is 0 Å². The van der Waals surface area contributed by atoms with Crippen LogP contribution in [0.2, 0.25) is 0 Å². The zero-order chi connectivity index (χ0) is 16.7. The Labute approximate surface area is 138 Å². The summed E-state index contributed by atoms with van der Waals surface area (Å²) in [5.41, 5.74) is 1.98. The SMILES string of the molecule is C/C(=C/C(=N)C(=O)NCC1CCN(C)C1)NCc1ccccc1. The van der Waals surface area contributed by atoms with Crippen LogP contribution in [0, 0.1) is 11.3 Å². The van der Waals surface area contributed by atoms with Gasteiger partial charge in [0.25, 0.3) is 5.91 Å². The van der Waals surface area contributed by atoms with E-state index in [1.165, 1.54) is 5.56 Å². The number of nitrogens with zero attached hydrogens (tertiary/aromatic N) is 1. The lowest BCUT2D eigenvalue weighted by molar-refractivity contribution is -0.114. The molecule has 5 heteroatoms. The van der Waals surface area contributed by atoms with E-state index in [-0.39, 0.29) is 11.6 Å². The Bertz CT molecular complexity index is 568. The lowest BCUT2D eigenvalue weighted by atomic mass is 10.1. The van der Waals surface area contributed by atoms with E-state index in [0.717, 1.165) is 25.2 Å². The van der Waals surface area contributed by atoms with Crippen LogP contribution in [0.4, 0.5) is 0 Å². The zero-order valence-electron chi connectivity index (χ0n) is 13.9. The number of allylic oxidation sites excluding steroid dienone is 1. The van der Waals surface area contributed by atoms with Crippen molar-refractivity contribution >= 4 is 11.6 Å². The van der Waals surface area contributed by atoms with Gasteiger partial charge in [-0.2, -0.15) is 0 Å². The number of nitrogens with one attached hydrogen (secondary N) is 3. The highest BCUT2D eigenvalue weighted by Gasteiger charge is 2.20. The van der Waals surface area contributed by atoms with Gasteiger partial charge in [-0.15, -0.1) is 0 Å². The fourth-order valence-electron chi connectivity index (χ4n) is 2.70. The molecule has 1 amide bonds. The van der Waals surface area contributed by atoms with E-state index < -0.39 is 0 Å². The number of hydrogen-bond acceptors (Lipinski definition) is 4. The van der Waals surface area contributed by atoms with Crippen LogP contribution >= 0.6 is 0 Å². The average Bonchev–Trinajstić information content (AvgIpc) is 2.97. The molecule has 1 unspecified atom stereocenters. The van der Waals surface area contributed by atoms with Crippen LogP contribution < -0.4 is 10.6 Å². The summed E-state index contributed by atoms with van der Waals surface area (Å²) in [5.74, 6) is 0.193. The minimum atomic E-state index is -0.305. The van der Waals surface area contributed by atoms with E-state index in [1.54, 1.807) is 6.08 Å². The molecule has 2 rings (SSSR count). The summed E-state index contributed by atoms with van der Waals surface area (Å²) < 4.78 is 0. The van der Waals surface area contributed by atoms with E-state index in [1.807, 2.05) is 37.3 Å². The fourth-order valence-corrected chi connectivity index (χ4v) is 2.70. The van der Waals surface area contributed by atoms with Gasteiger partial charge in [-0.1, -0.05) is 30.3 Å². The molecule has 1 fully saturated rings. The van der Waals surface area contributed by atoms with Crippen LogP contribution in [-0.4, -0.2) is 43.2 Å². The second kappa shape index (κ2) is 8.48. The van der Waals surface area contributed by atoms with Gasteiger partial charge in [-0.05, 0) is 44.5 Å². The lowest BCUT2D eigenvalue weighted by Crippen LogP contribution is -2.34. The largest absolute Gasteiger partial charge is 0.384 e. The number of carbonyl (C=O) groups is 1. The van der Waals surface area contributed by atoms with Crippen LogP contribution in [0.15, 0.2) is 42.1 Å². The van der Waals surface area contributed by atoms with Gasteiger partial charge in [0.15, 0.2) is 0 Å². The first kappa shape index (κ1) is 17.2. The maximum Gasteiger partial charge on any atom is 0.269 e. The topological polar surface area (TPSA) is 68.2 Å². The highest BCUT2D eigenvalue weighted by molar-refractivity contribution is 6.42. The van der Waals surface area contributed by atoms with Gasteiger partial charge < -0.3 is 15.5 Å². The zero-order valence-corrected chi connectivity index (χ0v) is 13.9. The Kier molecular flexibility index (Phi) is 6.35. The molecule has 0 bridgehead atoms. The third kappa shape index (κ3) is 5.87. The van der Waals surface area contributed by atoms with E-state index >= 15 is 0 Å². The molecule has 1 aliphatic heterocycles. The smallest absolute Gasteiger partial charge is 0.269 e. The number of rotatable bonds is 7. The maximum absolute atomic E-state index is 12.0. The molecule has 1 heterocycles. The molecule has 124 valence electrons. The summed E-state index contributed by atoms with van der Waals surface area (Å²) in [6.45, 7) is 5.31. The molecule has 0 radical (unpaired) electrons. The average molecular weight is 314 g/mol. The Morgan fingerprint density at radius 2 is 2.09 bits per heavy atom. The molecule has 1 saturated heterocycles. The number of hydrogen-bond donors (Lipinski definition) is 3. The number of benzene rings is 1. The predicted octanol–water partition coefficient (Wildman–Crippen LogP) is 1.77. The number of amides is 1. The predicted molar refractivity (Wildman–Crippen MR) is 93.4 cm³/mol. The van der Waals surface area contributed by atoms with Crippen LogP contribution in [0.25, 0.3) is 0 Å². The summed E-state index contributed by atoms with van der Waals surface area (Å²) in [6, 6.07) is 10.0. The number of likely N-dealkylation sites (tertiary alicyclic amines) is 1. The Morgan fingerprint density at radius 1 is 1.35 bits per heavy atom. The molecular formula is C18H26N4O. The van der Waals surface area contributed by atoms with E-state index in [4.69, 9.17) is 5.41 Å². The van der Waals surface area contributed by atoms with Crippen LogP contribution in [-0.2, 0) is 11.3 Å². The van der Waals surface area contributed by atoms with Gasteiger partial charge in [-0.3, -0.25) is 10.2 Å². The first-order valence-electron chi connectivity index (χ1n) is 8.06. The third-order valence-electron chi connectivity index (χ3n) is 4.06. The van der Waals surface area contributed by atoms with Crippen molar-refractivity contribution in [3.8, 4) is 0 Å². The highest BCUT2D eigenvalue weighted by Crippen LogP contribution is 2.12. The minimum absolute atomic E-state index is 0.00517. The first-order valence-corrected chi connectivity index (χ1v) is 8.06. The summed E-state index contributed by atoms with van der Waals surface area (Å²) in [5, 5.41) is 14.0. The van der Waals surface area contributed by atoms with Crippen LogP contribution in [0.1, 0.15) is 18.9 Å². The first-order chi connectivity index (χ1) is 11.0. The van der Waals surface area contributed by atoms with Crippen molar-refractivity contribution in [2.75, 3.05) is 26.7 Å². The maximum atomic E-state index is 12.0. The Hall–Kier alpha value is -2.14. The van der Waals surface area contributed by atoms with Crippen molar-refractivity contribution in [1.82, 2.24) is 15.5 Å². The molecule has 1 aliphatic rings. The molecule has 1 aromatic rings. The van der Waals surface area contributed by atoms with E-state index in [0.29, 0.717) is 19.0 Å². The van der Waals surface area contributed by atoms with Crippen LogP contribution in [0.3, 0.4) is 0 Å². The van der Waals surface area contributed by atoms with Crippen molar-refractivity contribution in [3.63, 3.8) is 0 Å². The van der Waals surface area contributed by atoms with Crippen molar-refractivity contribution in [2.24, 2.45) is 5.92 Å². The molecule has 0 spiro atoms. The van der Waals surface area contributed by atoms with Crippen molar-refractivity contribution < 1.29 is 4.79 Å². The molecule has 3 N–H and O–H groups in total. The number of carbonyl (C=O) groups excluding carboxylic acids is 1. The highest BCUT2D eigenvalue weighted by atomic mass is 16.1. The van der Waals surface area contributed by atoms with Crippen molar-refractivity contribution in [3.05, 3.63) is 47.7 Å². The quantitative estimate of drug-likeness (QED) is 0.672. The molecule has 0 aliphatic carbocycles.